The molecule has 2 N–H and O–H groups in total. The Morgan fingerprint density at radius 2 is 2.14 bits per heavy atom. The van der Waals surface area contributed by atoms with Crippen LogP contribution in [0.5, 0.6) is 5.75 Å². The van der Waals surface area contributed by atoms with Crippen LogP contribution in [-0.4, -0.2) is 40.0 Å². The Balaban J connectivity index is 2.27. The standard InChI is InChI=1S/C15H19N3O3/c1-3-21-13-10-18(12-7-5-4-6-8-12)17-14(13)15(20)16-9-11(2)19/h4-8,10-11,19H,3,9H2,1-2H3,(H,16,20). The van der Waals surface area contributed by atoms with E-state index in [0.717, 1.165) is 5.69 Å². The number of amides is 1. The molecule has 6 heteroatoms. The minimum absolute atomic E-state index is 0.169. The smallest absolute Gasteiger partial charge is 0.275 e. The van der Waals surface area contributed by atoms with Crippen LogP contribution in [0.4, 0.5) is 0 Å². The fourth-order valence-corrected chi connectivity index (χ4v) is 1.81. The van der Waals surface area contributed by atoms with Gasteiger partial charge in [-0.15, -0.1) is 0 Å². The number of rotatable bonds is 6. The number of benzene rings is 1. The number of carbonyl (C=O) groups excluding carboxylic acids is 1. The van der Waals surface area contributed by atoms with Crippen molar-refractivity contribution < 1.29 is 14.6 Å². The Morgan fingerprint density at radius 1 is 1.43 bits per heavy atom. The van der Waals surface area contributed by atoms with Gasteiger partial charge in [-0.05, 0) is 26.0 Å². The molecule has 0 fully saturated rings. The summed E-state index contributed by atoms with van der Waals surface area (Å²) in [7, 11) is 0. The van der Waals surface area contributed by atoms with Crippen molar-refractivity contribution in [1.82, 2.24) is 15.1 Å². The van der Waals surface area contributed by atoms with Crippen molar-refractivity contribution in [2.45, 2.75) is 20.0 Å². The maximum Gasteiger partial charge on any atom is 0.275 e. The predicted octanol–water partition coefficient (Wildman–Crippen LogP) is 1.38. The van der Waals surface area contributed by atoms with Gasteiger partial charge < -0.3 is 15.2 Å². The minimum atomic E-state index is -0.610. The molecule has 21 heavy (non-hydrogen) atoms. The number of hydrogen-bond donors (Lipinski definition) is 2. The van der Waals surface area contributed by atoms with E-state index in [0.29, 0.717) is 12.4 Å². The zero-order valence-electron chi connectivity index (χ0n) is 12.1. The van der Waals surface area contributed by atoms with Crippen molar-refractivity contribution in [3.63, 3.8) is 0 Å². The van der Waals surface area contributed by atoms with Crippen molar-refractivity contribution in [3.8, 4) is 11.4 Å². The first kappa shape index (κ1) is 15.1. The number of hydrogen-bond acceptors (Lipinski definition) is 4. The van der Waals surface area contributed by atoms with Gasteiger partial charge >= 0.3 is 0 Å². The second-order valence-corrected chi connectivity index (χ2v) is 4.61. The normalized spacial score (nSPS) is 12.0. The molecule has 0 spiro atoms. The van der Waals surface area contributed by atoms with Gasteiger partial charge in [-0.1, -0.05) is 18.2 Å². The summed E-state index contributed by atoms with van der Waals surface area (Å²) in [6.45, 7) is 4.06. The van der Waals surface area contributed by atoms with Gasteiger partial charge in [0.1, 0.15) is 0 Å². The van der Waals surface area contributed by atoms with E-state index in [9.17, 15) is 9.90 Å². The van der Waals surface area contributed by atoms with Crippen LogP contribution in [0.1, 0.15) is 24.3 Å². The molecule has 0 bridgehead atoms. The molecule has 1 amide bonds. The van der Waals surface area contributed by atoms with Gasteiger partial charge in [0.2, 0.25) is 0 Å². The lowest BCUT2D eigenvalue weighted by molar-refractivity contribution is 0.0915. The van der Waals surface area contributed by atoms with Crippen LogP contribution >= 0.6 is 0 Å². The van der Waals surface area contributed by atoms with E-state index in [2.05, 4.69) is 10.4 Å². The Hall–Kier alpha value is -2.34. The summed E-state index contributed by atoms with van der Waals surface area (Å²) < 4.78 is 7.06. The van der Waals surface area contributed by atoms with Crippen molar-refractivity contribution in [2.75, 3.05) is 13.2 Å². The predicted molar refractivity (Wildman–Crippen MR) is 78.7 cm³/mol. The largest absolute Gasteiger partial charge is 0.490 e. The van der Waals surface area contributed by atoms with Crippen LogP contribution < -0.4 is 10.1 Å². The van der Waals surface area contributed by atoms with Crippen LogP contribution in [0.3, 0.4) is 0 Å². The van der Waals surface area contributed by atoms with E-state index in [1.54, 1.807) is 17.8 Å². The van der Waals surface area contributed by atoms with E-state index in [1.165, 1.54) is 0 Å². The molecule has 0 aliphatic rings. The number of para-hydroxylation sites is 1. The van der Waals surface area contributed by atoms with Crippen LogP contribution in [-0.2, 0) is 0 Å². The lowest BCUT2D eigenvalue weighted by Crippen LogP contribution is -2.31. The van der Waals surface area contributed by atoms with Gasteiger partial charge in [0.05, 0.1) is 24.6 Å². The monoisotopic (exact) mass is 289 g/mol. The second kappa shape index (κ2) is 6.90. The fourth-order valence-electron chi connectivity index (χ4n) is 1.81. The topological polar surface area (TPSA) is 76.4 Å². The van der Waals surface area contributed by atoms with E-state index in [-0.39, 0.29) is 18.1 Å². The summed E-state index contributed by atoms with van der Waals surface area (Å²) in [4.78, 5) is 12.1. The fraction of sp³-hybridized carbons (Fsp3) is 0.333. The highest BCUT2D eigenvalue weighted by molar-refractivity contribution is 5.94. The van der Waals surface area contributed by atoms with E-state index >= 15 is 0 Å². The molecular weight excluding hydrogens is 270 g/mol. The molecule has 0 saturated carbocycles. The van der Waals surface area contributed by atoms with Crippen LogP contribution in [0.25, 0.3) is 5.69 Å². The Labute approximate surface area is 123 Å². The Bertz CT molecular complexity index is 593. The second-order valence-electron chi connectivity index (χ2n) is 4.61. The molecular formula is C15H19N3O3. The molecule has 0 aliphatic heterocycles. The molecule has 1 heterocycles. The Morgan fingerprint density at radius 3 is 2.76 bits per heavy atom. The molecule has 1 atom stereocenters. The zero-order valence-corrected chi connectivity index (χ0v) is 12.1. The zero-order chi connectivity index (χ0) is 15.2. The average molecular weight is 289 g/mol. The van der Waals surface area contributed by atoms with Gasteiger partial charge in [0.15, 0.2) is 11.4 Å². The third-order valence-corrected chi connectivity index (χ3v) is 2.77. The first-order valence-corrected chi connectivity index (χ1v) is 6.86. The molecule has 0 aliphatic carbocycles. The first-order valence-electron chi connectivity index (χ1n) is 6.86. The van der Waals surface area contributed by atoms with Gasteiger partial charge in [0, 0.05) is 6.54 Å². The lowest BCUT2D eigenvalue weighted by Gasteiger charge is -2.06. The van der Waals surface area contributed by atoms with E-state index < -0.39 is 6.10 Å². The highest BCUT2D eigenvalue weighted by Gasteiger charge is 2.18. The summed E-state index contributed by atoms with van der Waals surface area (Å²) in [5, 5.41) is 16.1. The quantitative estimate of drug-likeness (QED) is 0.842. The molecule has 1 aromatic heterocycles. The molecule has 112 valence electrons. The molecule has 0 saturated heterocycles. The number of carbonyl (C=O) groups is 1. The molecule has 2 rings (SSSR count). The van der Waals surface area contributed by atoms with Gasteiger partial charge in [0.25, 0.3) is 5.91 Å². The van der Waals surface area contributed by atoms with Crippen molar-refractivity contribution in [2.24, 2.45) is 0 Å². The average Bonchev–Trinajstić information content (AvgIpc) is 2.90. The van der Waals surface area contributed by atoms with E-state index in [1.807, 2.05) is 37.3 Å². The highest BCUT2D eigenvalue weighted by Crippen LogP contribution is 2.19. The summed E-state index contributed by atoms with van der Waals surface area (Å²) in [5.41, 5.74) is 1.05. The summed E-state index contributed by atoms with van der Waals surface area (Å²) >= 11 is 0. The molecule has 2 aromatic rings. The van der Waals surface area contributed by atoms with E-state index in [4.69, 9.17) is 4.74 Å². The van der Waals surface area contributed by atoms with Crippen molar-refractivity contribution in [3.05, 3.63) is 42.2 Å². The number of aliphatic hydroxyl groups excluding tert-OH is 1. The van der Waals surface area contributed by atoms with Crippen molar-refractivity contribution >= 4 is 5.91 Å². The summed E-state index contributed by atoms with van der Waals surface area (Å²) in [5.74, 6) is 0.0541. The van der Waals surface area contributed by atoms with Crippen molar-refractivity contribution in [1.29, 1.82) is 0 Å². The number of aliphatic hydroxyl groups is 1. The molecule has 1 unspecified atom stereocenters. The summed E-state index contributed by atoms with van der Waals surface area (Å²) in [6.07, 6.45) is 1.07. The van der Waals surface area contributed by atoms with Gasteiger partial charge in [-0.3, -0.25) is 4.79 Å². The molecule has 1 aromatic carbocycles. The molecule has 6 nitrogen and oxygen atoms in total. The first-order chi connectivity index (χ1) is 10.1. The summed E-state index contributed by atoms with van der Waals surface area (Å²) in [6, 6.07) is 9.47. The maximum absolute atomic E-state index is 12.1. The number of nitrogens with zero attached hydrogens (tertiary/aromatic N) is 2. The maximum atomic E-state index is 12.1. The third kappa shape index (κ3) is 3.82. The van der Waals surface area contributed by atoms with Crippen LogP contribution in [0, 0.1) is 0 Å². The number of ether oxygens (including phenoxy) is 1. The Kier molecular flexibility index (Phi) is 4.94. The number of nitrogens with one attached hydrogen (secondary N) is 1. The van der Waals surface area contributed by atoms with Crippen LogP contribution in [0.15, 0.2) is 36.5 Å². The van der Waals surface area contributed by atoms with Crippen LogP contribution in [0.2, 0.25) is 0 Å². The van der Waals surface area contributed by atoms with Gasteiger partial charge in [-0.2, -0.15) is 5.10 Å². The highest BCUT2D eigenvalue weighted by atomic mass is 16.5. The molecule has 0 radical (unpaired) electrons. The minimum Gasteiger partial charge on any atom is -0.490 e. The van der Waals surface area contributed by atoms with Gasteiger partial charge in [-0.25, -0.2) is 4.68 Å². The lowest BCUT2D eigenvalue weighted by atomic mass is 10.3. The SMILES string of the molecule is CCOc1cn(-c2ccccc2)nc1C(=O)NCC(C)O. The number of aromatic nitrogens is 2. The third-order valence-electron chi connectivity index (χ3n) is 2.77.